The molecule has 0 bridgehead atoms. The van der Waals surface area contributed by atoms with Crippen molar-refractivity contribution in [2.24, 2.45) is 23.2 Å². The van der Waals surface area contributed by atoms with Crippen LogP contribution in [0.4, 0.5) is 0 Å². The largest absolute Gasteiger partial charge is 0.347 e. The van der Waals surface area contributed by atoms with Crippen LogP contribution in [0.3, 0.4) is 0 Å². The lowest BCUT2D eigenvalue weighted by Gasteiger charge is -2.39. The van der Waals surface area contributed by atoms with Crippen LogP contribution < -0.4 is 21.3 Å². The van der Waals surface area contributed by atoms with Gasteiger partial charge in [0.05, 0.1) is 12.2 Å². The predicted molar refractivity (Wildman–Crippen MR) is 185 cm³/mol. The zero-order valence-electron chi connectivity index (χ0n) is 30.0. The number of nitrogens with zero attached hydrogens (tertiary/aromatic N) is 3. The first-order valence-electron chi connectivity index (χ1n) is 18.8. The van der Waals surface area contributed by atoms with Crippen molar-refractivity contribution in [1.82, 2.24) is 36.1 Å². The fourth-order valence-electron chi connectivity index (χ4n) is 8.02. The average Bonchev–Trinajstić information content (AvgIpc) is 3.69. The number of carbonyl (C=O) groups excluding carboxylic acids is 6. The van der Waals surface area contributed by atoms with E-state index >= 15 is 0 Å². The highest BCUT2D eigenvalue weighted by Crippen LogP contribution is 2.43. The Labute approximate surface area is 295 Å². The van der Waals surface area contributed by atoms with Gasteiger partial charge in [-0.1, -0.05) is 59.8 Å². The lowest BCUT2D eigenvalue weighted by molar-refractivity contribution is -0.146. The van der Waals surface area contributed by atoms with Crippen LogP contribution in [0, 0.1) is 23.2 Å². The third-order valence-electron chi connectivity index (χ3n) is 11.5. The molecular weight excluding hydrogens is 638 g/mol. The maximum Gasteiger partial charge on any atom is 0.289 e. The molecule has 5 amide bonds. The summed E-state index contributed by atoms with van der Waals surface area (Å²) in [6.07, 6.45) is 14.4. The van der Waals surface area contributed by atoms with Gasteiger partial charge in [-0.25, -0.2) is 4.98 Å². The second kappa shape index (κ2) is 16.4. The van der Waals surface area contributed by atoms with Crippen molar-refractivity contribution in [2.45, 2.75) is 141 Å². The smallest absolute Gasteiger partial charge is 0.289 e. The van der Waals surface area contributed by atoms with Crippen molar-refractivity contribution in [2.75, 3.05) is 6.54 Å². The van der Waals surface area contributed by atoms with Gasteiger partial charge in [0.2, 0.25) is 23.5 Å². The number of hydrogen-bond acceptors (Lipinski definition) is 8. The van der Waals surface area contributed by atoms with Crippen LogP contribution in [0.2, 0.25) is 0 Å². The standard InChI is InChI=1S/C37H55N7O6/c1-5-11-26(30(45)35(49)40-24-16-17-24)41-34(48)29-25-15-10-14-23(25)21-44(29)36(50)31(37(3,4)6-2)43-33(47)28(22-12-8-7-9-13-22)42-32(46)27-20-38-18-19-39-27/h18-20,22-26,28-29,31H,5-17,21H2,1-4H3,(H,40,49)(H,41,48)(H,42,46)(H,43,47). The van der Waals surface area contributed by atoms with Crippen LogP contribution in [-0.4, -0.2) is 86.9 Å². The fraction of sp³-hybridized carbons (Fsp3) is 0.730. The van der Waals surface area contributed by atoms with Crippen LogP contribution in [0.25, 0.3) is 0 Å². The quantitative estimate of drug-likeness (QED) is 0.203. The Balaban J connectivity index is 1.38. The first-order valence-corrected chi connectivity index (χ1v) is 18.8. The minimum atomic E-state index is -0.986. The van der Waals surface area contributed by atoms with Crippen molar-refractivity contribution in [1.29, 1.82) is 0 Å². The molecule has 2 heterocycles. The number of hydrogen-bond donors (Lipinski definition) is 4. The van der Waals surface area contributed by atoms with E-state index in [9.17, 15) is 28.8 Å². The van der Waals surface area contributed by atoms with E-state index in [4.69, 9.17) is 0 Å². The summed E-state index contributed by atoms with van der Waals surface area (Å²) in [6.45, 7) is 8.06. The number of amides is 5. The lowest BCUT2D eigenvalue weighted by atomic mass is 9.79. The number of likely N-dealkylation sites (tertiary alicyclic amines) is 1. The zero-order chi connectivity index (χ0) is 36.0. The summed E-state index contributed by atoms with van der Waals surface area (Å²) in [4.78, 5) is 91.9. The summed E-state index contributed by atoms with van der Waals surface area (Å²) >= 11 is 0. The highest BCUT2D eigenvalue weighted by Gasteiger charge is 2.53. The highest BCUT2D eigenvalue weighted by atomic mass is 16.2. The molecule has 13 heteroatoms. The Morgan fingerprint density at radius 2 is 1.64 bits per heavy atom. The fourth-order valence-corrected chi connectivity index (χ4v) is 8.02. The Hall–Kier alpha value is -3.90. The molecule has 0 aromatic carbocycles. The van der Waals surface area contributed by atoms with E-state index in [1.54, 1.807) is 4.90 Å². The zero-order valence-corrected chi connectivity index (χ0v) is 30.0. The van der Waals surface area contributed by atoms with Crippen molar-refractivity contribution in [3.8, 4) is 0 Å². The molecule has 5 rings (SSSR count). The molecule has 274 valence electrons. The molecule has 3 aliphatic carbocycles. The van der Waals surface area contributed by atoms with E-state index in [-0.39, 0.29) is 35.4 Å². The Bertz CT molecular complexity index is 1410. The molecule has 1 aromatic heterocycles. The van der Waals surface area contributed by atoms with Crippen LogP contribution >= 0.6 is 0 Å². The number of nitrogens with one attached hydrogen (secondary N) is 4. The molecule has 6 unspecified atom stereocenters. The molecule has 4 N–H and O–H groups in total. The van der Waals surface area contributed by atoms with Gasteiger partial charge >= 0.3 is 0 Å². The summed E-state index contributed by atoms with van der Waals surface area (Å²) in [5.74, 6) is -3.16. The molecule has 0 spiro atoms. The minimum Gasteiger partial charge on any atom is -0.347 e. The summed E-state index contributed by atoms with van der Waals surface area (Å²) < 4.78 is 0. The number of Topliss-reactive ketones (excluding diaryl/α,β-unsaturated/α-hetero) is 1. The maximum absolute atomic E-state index is 14.8. The summed E-state index contributed by atoms with van der Waals surface area (Å²) in [5.41, 5.74) is -0.594. The van der Waals surface area contributed by atoms with Crippen molar-refractivity contribution < 1.29 is 28.8 Å². The highest BCUT2D eigenvalue weighted by molar-refractivity contribution is 6.38. The van der Waals surface area contributed by atoms with Gasteiger partial charge in [-0.15, -0.1) is 0 Å². The number of carbonyl (C=O) groups is 6. The van der Waals surface area contributed by atoms with Crippen LogP contribution in [-0.2, 0) is 24.0 Å². The SMILES string of the molecule is CCCC(NC(=O)C1C2CCCC2CN1C(=O)C(NC(=O)C(NC(=O)c1cnccn1)C1CCCCC1)C(C)(C)CC)C(=O)C(=O)NC1CC1. The molecule has 4 aliphatic rings. The summed E-state index contributed by atoms with van der Waals surface area (Å²) in [6, 6.07) is -3.66. The second-order valence-corrected chi connectivity index (χ2v) is 15.5. The molecule has 1 aromatic rings. The van der Waals surface area contributed by atoms with E-state index in [1.165, 1.54) is 18.6 Å². The predicted octanol–water partition coefficient (Wildman–Crippen LogP) is 2.84. The Kier molecular flexibility index (Phi) is 12.3. The minimum absolute atomic E-state index is 0.0127. The molecule has 50 heavy (non-hydrogen) atoms. The van der Waals surface area contributed by atoms with Gasteiger partial charge in [0.25, 0.3) is 11.8 Å². The van der Waals surface area contributed by atoms with Gasteiger partial charge in [0.15, 0.2) is 0 Å². The number of aromatic nitrogens is 2. The summed E-state index contributed by atoms with van der Waals surface area (Å²) in [7, 11) is 0. The molecule has 4 fully saturated rings. The van der Waals surface area contributed by atoms with Gasteiger partial charge in [-0.05, 0) is 74.5 Å². The van der Waals surface area contributed by atoms with E-state index in [1.807, 2.05) is 27.7 Å². The van der Waals surface area contributed by atoms with Gasteiger partial charge < -0.3 is 26.2 Å². The van der Waals surface area contributed by atoms with Crippen molar-refractivity contribution >= 4 is 35.3 Å². The van der Waals surface area contributed by atoms with E-state index in [0.29, 0.717) is 25.8 Å². The monoisotopic (exact) mass is 693 g/mol. The molecule has 3 saturated carbocycles. The Morgan fingerprint density at radius 3 is 2.28 bits per heavy atom. The van der Waals surface area contributed by atoms with E-state index < -0.39 is 59.0 Å². The number of rotatable bonds is 15. The molecule has 1 aliphatic heterocycles. The van der Waals surface area contributed by atoms with Gasteiger partial charge in [-0.2, -0.15) is 0 Å². The second-order valence-electron chi connectivity index (χ2n) is 15.5. The van der Waals surface area contributed by atoms with Gasteiger partial charge in [0, 0.05) is 25.0 Å². The maximum atomic E-state index is 14.8. The van der Waals surface area contributed by atoms with Gasteiger partial charge in [-0.3, -0.25) is 33.8 Å². The third-order valence-corrected chi connectivity index (χ3v) is 11.5. The molecule has 13 nitrogen and oxygen atoms in total. The topological polar surface area (TPSA) is 180 Å². The summed E-state index contributed by atoms with van der Waals surface area (Å²) in [5, 5.41) is 11.6. The molecule has 1 saturated heterocycles. The van der Waals surface area contributed by atoms with Crippen molar-refractivity contribution in [3.63, 3.8) is 0 Å². The van der Waals surface area contributed by atoms with E-state index in [2.05, 4.69) is 31.2 Å². The average molecular weight is 694 g/mol. The Morgan fingerprint density at radius 1 is 0.900 bits per heavy atom. The number of ketones is 1. The van der Waals surface area contributed by atoms with Crippen LogP contribution in [0.5, 0.6) is 0 Å². The molecule has 0 radical (unpaired) electrons. The first-order chi connectivity index (χ1) is 23.9. The molecular formula is C37H55N7O6. The number of fused-ring (bicyclic) bond motifs is 1. The lowest BCUT2D eigenvalue weighted by Crippen LogP contribution is -2.62. The van der Waals surface area contributed by atoms with E-state index in [0.717, 1.165) is 64.2 Å². The van der Waals surface area contributed by atoms with Gasteiger partial charge in [0.1, 0.15) is 23.8 Å². The first kappa shape index (κ1) is 37.4. The van der Waals surface area contributed by atoms with Crippen LogP contribution in [0.1, 0.15) is 122 Å². The normalized spacial score (nSPS) is 24.0. The van der Waals surface area contributed by atoms with Crippen molar-refractivity contribution in [3.05, 3.63) is 24.3 Å². The molecule has 6 atom stereocenters. The third kappa shape index (κ3) is 8.69. The van der Waals surface area contributed by atoms with Crippen LogP contribution in [0.15, 0.2) is 18.6 Å².